The molecule has 2 saturated heterocycles. The van der Waals surface area contributed by atoms with Crippen molar-refractivity contribution >= 4 is 16.1 Å². The lowest BCUT2D eigenvalue weighted by molar-refractivity contribution is -0.0907. The third-order valence-corrected chi connectivity index (χ3v) is 8.72. The number of sulfonamides is 1. The SMILES string of the molecule is C.COc1ccc(S(=O)(=O)N(CC(C)C)C[C@@H](O)[C@H](Cc2ccncc2)NC(=O)O[C@H]2CO[C@H]3OCC[C@H]32)cc1. The quantitative estimate of drug-likeness (QED) is 0.389. The Balaban J connectivity index is 0.00000441. The third kappa shape index (κ3) is 7.91. The maximum atomic E-state index is 13.6. The fourth-order valence-corrected chi connectivity index (χ4v) is 6.46. The first-order chi connectivity index (χ1) is 18.7. The summed E-state index contributed by atoms with van der Waals surface area (Å²) >= 11 is 0. The van der Waals surface area contributed by atoms with Gasteiger partial charge in [-0.15, -0.1) is 0 Å². The number of methoxy groups -OCH3 is 1. The highest BCUT2D eigenvalue weighted by atomic mass is 32.2. The number of hydrogen-bond donors (Lipinski definition) is 2. The van der Waals surface area contributed by atoms with E-state index in [1.54, 1.807) is 36.7 Å². The molecule has 3 heterocycles. The van der Waals surface area contributed by atoms with Crippen LogP contribution >= 0.6 is 0 Å². The van der Waals surface area contributed by atoms with Crippen LogP contribution in [0.15, 0.2) is 53.7 Å². The van der Waals surface area contributed by atoms with E-state index in [0.717, 1.165) is 12.0 Å². The van der Waals surface area contributed by atoms with Gasteiger partial charge in [-0.25, -0.2) is 13.2 Å². The second kappa shape index (κ2) is 14.2. The van der Waals surface area contributed by atoms with Gasteiger partial charge in [0.1, 0.15) is 11.9 Å². The van der Waals surface area contributed by atoms with Gasteiger partial charge in [0.2, 0.25) is 10.0 Å². The molecule has 4 rings (SSSR count). The van der Waals surface area contributed by atoms with E-state index >= 15 is 0 Å². The van der Waals surface area contributed by atoms with E-state index in [0.29, 0.717) is 12.4 Å². The van der Waals surface area contributed by atoms with Crippen LogP contribution in [0.1, 0.15) is 33.3 Å². The van der Waals surface area contributed by atoms with Gasteiger partial charge in [-0.3, -0.25) is 4.98 Å². The van der Waals surface area contributed by atoms with Crippen LogP contribution in [0.4, 0.5) is 4.79 Å². The Kier molecular flexibility index (Phi) is 11.3. The normalized spacial score (nSPS) is 21.9. The van der Waals surface area contributed by atoms with Crippen molar-refractivity contribution in [3.8, 4) is 5.75 Å². The zero-order valence-corrected chi connectivity index (χ0v) is 23.2. The van der Waals surface area contributed by atoms with Gasteiger partial charge in [0.25, 0.3) is 0 Å². The highest BCUT2D eigenvalue weighted by molar-refractivity contribution is 7.89. The molecule has 0 aliphatic carbocycles. The van der Waals surface area contributed by atoms with Crippen molar-refractivity contribution in [2.45, 2.75) is 63.6 Å². The van der Waals surface area contributed by atoms with Crippen LogP contribution in [0, 0.1) is 11.8 Å². The molecule has 2 aromatic rings. The number of alkyl carbamates (subject to hydrolysis) is 1. The smallest absolute Gasteiger partial charge is 0.407 e. The summed E-state index contributed by atoms with van der Waals surface area (Å²) in [4.78, 5) is 17.0. The molecule has 0 radical (unpaired) electrons. The number of fused-ring (bicyclic) bond motifs is 1. The van der Waals surface area contributed by atoms with Crippen LogP contribution < -0.4 is 10.1 Å². The van der Waals surface area contributed by atoms with Crippen molar-refractivity contribution in [1.29, 1.82) is 0 Å². The number of ether oxygens (including phenoxy) is 4. The van der Waals surface area contributed by atoms with E-state index in [9.17, 15) is 18.3 Å². The Labute approximate surface area is 236 Å². The van der Waals surface area contributed by atoms with Gasteiger partial charge in [-0.1, -0.05) is 21.3 Å². The molecule has 1 amide bonds. The van der Waals surface area contributed by atoms with Crippen LogP contribution in [-0.4, -0.2) is 86.9 Å². The fourth-order valence-electron chi connectivity index (χ4n) is 4.84. The molecule has 40 heavy (non-hydrogen) atoms. The molecule has 1 aromatic carbocycles. The molecule has 0 unspecified atom stereocenters. The van der Waals surface area contributed by atoms with Crippen molar-refractivity contribution in [1.82, 2.24) is 14.6 Å². The minimum Gasteiger partial charge on any atom is -0.497 e. The van der Waals surface area contributed by atoms with Crippen molar-refractivity contribution in [3.05, 3.63) is 54.4 Å². The summed E-state index contributed by atoms with van der Waals surface area (Å²) in [7, 11) is -2.44. The molecule has 5 atom stereocenters. The second-order valence-corrected chi connectivity index (χ2v) is 12.2. The molecule has 12 heteroatoms. The molecule has 1 aromatic heterocycles. The molecule has 11 nitrogen and oxygen atoms in total. The molecule has 0 spiro atoms. The van der Waals surface area contributed by atoms with Gasteiger partial charge < -0.3 is 29.4 Å². The lowest BCUT2D eigenvalue weighted by Crippen LogP contribution is -2.51. The lowest BCUT2D eigenvalue weighted by Gasteiger charge is -2.31. The summed E-state index contributed by atoms with van der Waals surface area (Å²) in [6.07, 6.45) is 1.45. The first-order valence-corrected chi connectivity index (χ1v) is 14.5. The number of hydrogen-bond acceptors (Lipinski definition) is 9. The highest BCUT2D eigenvalue weighted by Crippen LogP contribution is 2.33. The van der Waals surface area contributed by atoms with Crippen molar-refractivity contribution < 1.29 is 37.3 Å². The molecular weight excluding hydrogens is 538 g/mol. The number of benzene rings is 1. The van der Waals surface area contributed by atoms with Gasteiger partial charge in [-0.05, 0) is 60.7 Å². The number of aliphatic hydroxyl groups excluding tert-OH is 1. The maximum absolute atomic E-state index is 13.6. The Morgan fingerprint density at radius 1 is 1.15 bits per heavy atom. The number of rotatable bonds is 12. The Hall–Kier alpha value is -2.77. The Morgan fingerprint density at radius 3 is 2.50 bits per heavy atom. The predicted octanol–water partition coefficient (Wildman–Crippen LogP) is 2.83. The van der Waals surface area contributed by atoms with Crippen LogP contribution in [-0.2, 0) is 30.7 Å². The molecular formula is C28H41N3O8S. The van der Waals surface area contributed by atoms with Crippen molar-refractivity contribution in [3.63, 3.8) is 0 Å². The maximum Gasteiger partial charge on any atom is 0.407 e. The van der Waals surface area contributed by atoms with Crippen LogP contribution in [0.3, 0.4) is 0 Å². The number of carbonyl (C=O) groups is 1. The van der Waals surface area contributed by atoms with Crippen molar-refractivity contribution in [2.24, 2.45) is 11.8 Å². The van der Waals surface area contributed by atoms with Gasteiger partial charge in [-0.2, -0.15) is 4.31 Å². The molecule has 2 aliphatic rings. The first-order valence-electron chi connectivity index (χ1n) is 13.1. The summed E-state index contributed by atoms with van der Waals surface area (Å²) in [5, 5.41) is 14.1. The van der Waals surface area contributed by atoms with Crippen LogP contribution in [0.25, 0.3) is 0 Å². The Bertz CT molecular complexity index is 1180. The fraction of sp³-hybridized carbons (Fsp3) is 0.571. The van der Waals surface area contributed by atoms with Gasteiger partial charge in [0, 0.05) is 25.5 Å². The molecule has 0 bridgehead atoms. The largest absolute Gasteiger partial charge is 0.497 e. The third-order valence-electron chi connectivity index (χ3n) is 6.87. The van der Waals surface area contributed by atoms with Gasteiger partial charge >= 0.3 is 6.09 Å². The predicted molar refractivity (Wildman–Crippen MR) is 148 cm³/mol. The topological polar surface area (TPSA) is 137 Å². The minimum absolute atomic E-state index is 0. The number of nitrogens with zero attached hydrogens (tertiary/aromatic N) is 2. The van der Waals surface area contributed by atoms with Gasteiger partial charge in [0.05, 0.1) is 43.3 Å². The highest BCUT2D eigenvalue weighted by Gasteiger charge is 2.44. The zero-order valence-electron chi connectivity index (χ0n) is 22.4. The lowest BCUT2D eigenvalue weighted by atomic mass is 10.0. The first kappa shape index (κ1) is 31.8. The molecule has 222 valence electrons. The number of pyridine rings is 1. The second-order valence-electron chi connectivity index (χ2n) is 10.2. The van der Waals surface area contributed by atoms with E-state index in [4.69, 9.17) is 18.9 Å². The molecule has 2 fully saturated rings. The summed E-state index contributed by atoms with van der Waals surface area (Å²) in [5.74, 6) is 0.494. The van der Waals surface area contributed by atoms with E-state index < -0.39 is 34.4 Å². The van der Waals surface area contributed by atoms with E-state index in [1.165, 1.54) is 23.5 Å². The molecule has 0 saturated carbocycles. The monoisotopic (exact) mass is 579 g/mol. The standard InChI is InChI=1S/C27H37N3O8S.CH4/c1-18(2)15-30(39(33,34)21-6-4-20(35-3)5-7-21)16-24(31)23(14-19-8-11-28-12-9-19)29-27(32)38-25-17-37-26-22(25)10-13-36-26;/h4-9,11-12,18,22-26,31H,10,13-17H2,1-3H3,(H,29,32);1H4/t22-,23-,24+,25-,26+;/m0./s1. The average Bonchev–Trinajstić information content (AvgIpc) is 3.53. The number of amides is 1. The van der Waals surface area contributed by atoms with E-state index in [1.807, 2.05) is 13.8 Å². The average molecular weight is 580 g/mol. The minimum atomic E-state index is -3.95. The summed E-state index contributed by atoms with van der Waals surface area (Å²) in [5.41, 5.74) is 0.816. The molecule has 2 aliphatic heterocycles. The number of aliphatic hydroxyl groups is 1. The van der Waals surface area contributed by atoms with Crippen LogP contribution in [0.2, 0.25) is 0 Å². The summed E-state index contributed by atoms with van der Waals surface area (Å²) < 4.78 is 50.2. The van der Waals surface area contributed by atoms with Gasteiger partial charge in [0.15, 0.2) is 6.29 Å². The molecule has 2 N–H and O–H groups in total. The van der Waals surface area contributed by atoms with E-state index in [-0.39, 0.29) is 56.6 Å². The van der Waals surface area contributed by atoms with Crippen molar-refractivity contribution in [2.75, 3.05) is 33.4 Å². The van der Waals surface area contributed by atoms with E-state index in [2.05, 4.69) is 10.3 Å². The zero-order chi connectivity index (χ0) is 28.0. The van der Waals surface area contributed by atoms with Crippen LogP contribution in [0.5, 0.6) is 5.75 Å². The number of carbonyl (C=O) groups excluding carboxylic acids is 1. The summed E-state index contributed by atoms with van der Waals surface area (Å²) in [6.45, 7) is 4.54. The number of nitrogens with one attached hydrogen (secondary N) is 1. The number of aromatic nitrogens is 1. The summed E-state index contributed by atoms with van der Waals surface area (Å²) in [6, 6.07) is 8.82. The Morgan fingerprint density at radius 2 is 1.85 bits per heavy atom.